The predicted octanol–water partition coefficient (Wildman–Crippen LogP) is 1.09. The molecule has 1 N–H and O–H groups in total. The van der Waals surface area contributed by atoms with E-state index in [1.807, 2.05) is 0 Å². The highest BCUT2D eigenvalue weighted by Gasteiger charge is 2.36. The lowest BCUT2D eigenvalue weighted by Gasteiger charge is -2.22. The number of carbonyl (C=O) groups excluding carboxylic acids is 1. The molecule has 1 aliphatic carbocycles. The molecule has 1 amide bonds. The fraction of sp³-hybridized carbons (Fsp3) is 0.909. The fourth-order valence-electron chi connectivity index (χ4n) is 2.19. The normalized spacial score (nSPS) is 29.6. The van der Waals surface area contributed by atoms with Crippen molar-refractivity contribution < 1.29 is 13.2 Å². The van der Waals surface area contributed by atoms with Crippen LogP contribution in [0.2, 0.25) is 0 Å². The van der Waals surface area contributed by atoms with Crippen LogP contribution in [-0.2, 0) is 14.6 Å². The van der Waals surface area contributed by atoms with E-state index < -0.39 is 15.1 Å². The number of hydrogen-bond acceptors (Lipinski definition) is 3. The minimum Gasteiger partial charge on any atom is -0.353 e. The van der Waals surface area contributed by atoms with Gasteiger partial charge < -0.3 is 5.32 Å². The molecule has 0 bridgehead atoms. The molecule has 1 saturated heterocycles. The van der Waals surface area contributed by atoms with Gasteiger partial charge in [0.1, 0.15) is 5.25 Å². The van der Waals surface area contributed by atoms with Crippen LogP contribution in [0.1, 0.15) is 32.1 Å². The molecule has 17 heavy (non-hydrogen) atoms. The van der Waals surface area contributed by atoms with Gasteiger partial charge in [0, 0.05) is 6.54 Å². The predicted molar refractivity (Wildman–Crippen MR) is 66.8 cm³/mol. The number of rotatable bonds is 4. The number of nitrogens with one attached hydrogen (secondary N) is 1. The molecule has 2 rings (SSSR count). The maximum Gasteiger partial charge on any atom is 0.238 e. The molecule has 0 spiro atoms. The van der Waals surface area contributed by atoms with E-state index in [1.54, 1.807) is 0 Å². The Kier molecular flexibility index (Phi) is 3.98. The molecule has 2 unspecified atom stereocenters. The molecule has 0 aromatic rings. The van der Waals surface area contributed by atoms with Crippen LogP contribution in [0.15, 0.2) is 0 Å². The van der Waals surface area contributed by atoms with Crippen molar-refractivity contribution in [2.75, 3.05) is 12.3 Å². The van der Waals surface area contributed by atoms with Crippen molar-refractivity contribution in [3.05, 3.63) is 0 Å². The van der Waals surface area contributed by atoms with Gasteiger partial charge in [-0.3, -0.25) is 4.79 Å². The summed E-state index contributed by atoms with van der Waals surface area (Å²) in [5.41, 5.74) is 0. The van der Waals surface area contributed by atoms with E-state index in [0.717, 1.165) is 19.3 Å². The third-order valence-electron chi connectivity index (χ3n) is 3.48. The summed E-state index contributed by atoms with van der Waals surface area (Å²) in [6, 6.07) is 0. The third-order valence-corrected chi connectivity index (χ3v) is 6.16. The Bertz CT molecular complexity index is 392. The lowest BCUT2D eigenvalue weighted by molar-refractivity contribution is -0.120. The van der Waals surface area contributed by atoms with Gasteiger partial charge in [-0.2, -0.15) is 0 Å². The molecule has 2 aliphatic rings. The minimum atomic E-state index is -3.23. The van der Waals surface area contributed by atoms with Gasteiger partial charge in [-0.05, 0) is 31.6 Å². The van der Waals surface area contributed by atoms with Crippen LogP contribution in [0.25, 0.3) is 0 Å². The SMILES string of the molecule is O=C(NCC(Cl)C1CC1)C1CCCCS1(=O)=O. The zero-order valence-corrected chi connectivity index (χ0v) is 11.3. The molecule has 1 heterocycles. The molecule has 98 valence electrons. The molecule has 6 heteroatoms. The van der Waals surface area contributed by atoms with Crippen molar-refractivity contribution in [3.63, 3.8) is 0 Å². The number of halogens is 1. The van der Waals surface area contributed by atoms with Crippen molar-refractivity contribution in [1.29, 1.82) is 0 Å². The average molecular weight is 280 g/mol. The standard InChI is InChI=1S/C11H18ClNO3S/c12-9(8-4-5-8)7-13-11(14)10-3-1-2-6-17(10,15)16/h8-10H,1-7H2,(H,13,14). The molecular weight excluding hydrogens is 262 g/mol. The van der Waals surface area contributed by atoms with Crippen LogP contribution >= 0.6 is 11.6 Å². The average Bonchev–Trinajstić information content (AvgIpc) is 3.08. The Labute approximate surface area is 107 Å². The summed E-state index contributed by atoms with van der Waals surface area (Å²) in [5, 5.41) is 1.78. The molecule has 1 aliphatic heterocycles. The van der Waals surface area contributed by atoms with Gasteiger partial charge in [0.2, 0.25) is 5.91 Å². The first-order chi connectivity index (χ1) is 8.00. The van der Waals surface area contributed by atoms with Crippen LogP contribution < -0.4 is 5.32 Å². The Hall–Kier alpha value is -0.290. The van der Waals surface area contributed by atoms with Gasteiger partial charge >= 0.3 is 0 Å². The first-order valence-electron chi connectivity index (χ1n) is 6.14. The van der Waals surface area contributed by atoms with E-state index >= 15 is 0 Å². The zero-order valence-electron chi connectivity index (χ0n) is 9.69. The van der Waals surface area contributed by atoms with Gasteiger partial charge in [-0.1, -0.05) is 6.42 Å². The van der Waals surface area contributed by atoms with E-state index in [-0.39, 0.29) is 17.0 Å². The summed E-state index contributed by atoms with van der Waals surface area (Å²) in [6.07, 6.45) is 4.17. The number of alkyl halides is 1. The Morgan fingerprint density at radius 3 is 2.59 bits per heavy atom. The number of amides is 1. The molecule has 4 nitrogen and oxygen atoms in total. The first kappa shape index (κ1) is 13.1. The van der Waals surface area contributed by atoms with E-state index in [2.05, 4.69) is 5.32 Å². The maximum atomic E-state index is 11.8. The van der Waals surface area contributed by atoms with E-state index in [4.69, 9.17) is 11.6 Å². The molecule has 0 aromatic carbocycles. The second kappa shape index (κ2) is 5.14. The van der Waals surface area contributed by atoms with Crippen molar-refractivity contribution in [3.8, 4) is 0 Å². The molecular formula is C11H18ClNO3S. The zero-order chi connectivity index (χ0) is 12.5. The van der Waals surface area contributed by atoms with Gasteiger partial charge in [-0.25, -0.2) is 8.42 Å². The largest absolute Gasteiger partial charge is 0.353 e. The van der Waals surface area contributed by atoms with Gasteiger partial charge in [0.25, 0.3) is 0 Å². The summed E-state index contributed by atoms with van der Waals surface area (Å²) in [4.78, 5) is 11.8. The fourth-order valence-corrected chi connectivity index (χ4v) is 4.34. The summed E-state index contributed by atoms with van der Waals surface area (Å²) in [7, 11) is -3.23. The highest BCUT2D eigenvalue weighted by Crippen LogP contribution is 2.35. The highest BCUT2D eigenvalue weighted by atomic mass is 35.5. The van der Waals surface area contributed by atoms with Gasteiger partial charge in [0.15, 0.2) is 9.84 Å². The lowest BCUT2D eigenvalue weighted by Crippen LogP contribution is -2.44. The van der Waals surface area contributed by atoms with Crippen LogP contribution in [0.4, 0.5) is 0 Å². The van der Waals surface area contributed by atoms with Crippen LogP contribution in [0.3, 0.4) is 0 Å². The minimum absolute atomic E-state index is 0.0507. The smallest absolute Gasteiger partial charge is 0.238 e. The van der Waals surface area contributed by atoms with Gasteiger partial charge in [-0.15, -0.1) is 11.6 Å². The lowest BCUT2D eigenvalue weighted by atomic mass is 10.2. The van der Waals surface area contributed by atoms with Crippen molar-refractivity contribution in [2.24, 2.45) is 5.92 Å². The molecule has 2 atom stereocenters. The molecule has 2 fully saturated rings. The first-order valence-corrected chi connectivity index (χ1v) is 8.29. The molecule has 1 saturated carbocycles. The van der Waals surface area contributed by atoms with E-state index in [0.29, 0.717) is 25.3 Å². The second-order valence-electron chi connectivity index (χ2n) is 4.95. The van der Waals surface area contributed by atoms with Crippen LogP contribution in [0.5, 0.6) is 0 Å². The van der Waals surface area contributed by atoms with Crippen molar-refractivity contribution >= 4 is 27.3 Å². The Balaban J connectivity index is 1.85. The maximum absolute atomic E-state index is 11.8. The summed E-state index contributed by atoms with van der Waals surface area (Å²) in [6.45, 7) is 0.386. The Morgan fingerprint density at radius 2 is 2.00 bits per heavy atom. The van der Waals surface area contributed by atoms with Crippen molar-refractivity contribution in [2.45, 2.75) is 42.7 Å². The monoisotopic (exact) mass is 279 g/mol. The topological polar surface area (TPSA) is 63.2 Å². The molecule has 0 radical (unpaired) electrons. The number of sulfone groups is 1. The number of carbonyl (C=O) groups is 1. The van der Waals surface area contributed by atoms with E-state index in [1.165, 1.54) is 0 Å². The molecule has 0 aromatic heterocycles. The Morgan fingerprint density at radius 1 is 1.29 bits per heavy atom. The van der Waals surface area contributed by atoms with Crippen molar-refractivity contribution in [1.82, 2.24) is 5.32 Å². The quantitative estimate of drug-likeness (QED) is 0.784. The third kappa shape index (κ3) is 3.35. The number of hydrogen-bond donors (Lipinski definition) is 1. The summed E-state index contributed by atoms with van der Waals surface area (Å²) in [5.74, 6) is 0.272. The van der Waals surface area contributed by atoms with E-state index in [9.17, 15) is 13.2 Å². The summed E-state index contributed by atoms with van der Waals surface area (Å²) >= 11 is 6.07. The summed E-state index contributed by atoms with van der Waals surface area (Å²) < 4.78 is 23.4. The second-order valence-corrected chi connectivity index (χ2v) is 7.81. The highest BCUT2D eigenvalue weighted by molar-refractivity contribution is 7.92. The van der Waals surface area contributed by atoms with Crippen LogP contribution in [0, 0.1) is 5.92 Å². The van der Waals surface area contributed by atoms with Crippen LogP contribution in [-0.4, -0.2) is 37.2 Å². The van der Waals surface area contributed by atoms with Gasteiger partial charge in [0.05, 0.1) is 11.1 Å².